The fourth-order valence-electron chi connectivity index (χ4n) is 5.10. The largest absolute Gasteiger partial charge is 0.550 e. The Labute approximate surface area is 96.4 Å². The molecule has 0 amide bonds. The van der Waals surface area contributed by atoms with Crippen molar-refractivity contribution in [2.24, 2.45) is 23.2 Å². The number of aliphatic carboxylic acids is 1. The SMILES string of the molecule is [NH3+][C@H](CC(=O)[O-])C12CC3CC(CC(C3)C1)C2. The zero-order valence-electron chi connectivity index (χ0n) is 9.78. The summed E-state index contributed by atoms with van der Waals surface area (Å²) < 4.78 is 0. The van der Waals surface area contributed by atoms with Crippen molar-refractivity contribution in [3.05, 3.63) is 0 Å². The summed E-state index contributed by atoms with van der Waals surface area (Å²) in [5, 5.41) is 10.8. The summed E-state index contributed by atoms with van der Waals surface area (Å²) >= 11 is 0. The molecule has 1 atom stereocenters. The van der Waals surface area contributed by atoms with E-state index in [4.69, 9.17) is 0 Å². The molecule has 4 saturated carbocycles. The molecule has 3 nitrogen and oxygen atoms in total. The first-order valence-corrected chi connectivity index (χ1v) is 6.60. The molecule has 90 valence electrons. The highest BCUT2D eigenvalue weighted by Gasteiger charge is 2.54. The predicted octanol–water partition coefficient (Wildman–Crippen LogP) is -0.0467. The highest BCUT2D eigenvalue weighted by Crippen LogP contribution is 2.60. The van der Waals surface area contributed by atoms with Crippen LogP contribution in [-0.2, 0) is 4.79 Å². The van der Waals surface area contributed by atoms with Gasteiger partial charge in [0.1, 0.15) is 0 Å². The molecule has 4 fully saturated rings. The maximum atomic E-state index is 10.8. The Balaban J connectivity index is 1.80. The Morgan fingerprint density at radius 2 is 1.62 bits per heavy atom. The second-order valence-electron chi connectivity index (χ2n) is 6.55. The third-order valence-corrected chi connectivity index (χ3v) is 5.36. The monoisotopic (exact) mass is 223 g/mol. The van der Waals surface area contributed by atoms with Crippen LogP contribution >= 0.6 is 0 Å². The Bertz CT molecular complexity index is 278. The van der Waals surface area contributed by atoms with Gasteiger partial charge in [-0.25, -0.2) is 0 Å². The number of carbonyl (C=O) groups is 1. The van der Waals surface area contributed by atoms with E-state index in [0.29, 0.717) is 0 Å². The van der Waals surface area contributed by atoms with Gasteiger partial charge in [0.25, 0.3) is 0 Å². The van der Waals surface area contributed by atoms with Gasteiger partial charge in [0.2, 0.25) is 0 Å². The quantitative estimate of drug-likeness (QED) is 0.729. The van der Waals surface area contributed by atoms with Gasteiger partial charge >= 0.3 is 0 Å². The fraction of sp³-hybridized carbons (Fsp3) is 0.923. The van der Waals surface area contributed by atoms with Crippen LogP contribution in [-0.4, -0.2) is 12.0 Å². The van der Waals surface area contributed by atoms with Crippen molar-refractivity contribution in [2.45, 2.75) is 51.0 Å². The molecule has 0 spiro atoms. The number of carboxylic acid groups (broad SMARTS) is 1. The molecule has 4 bridgehead atoms. The summed E-state index contributed by atoms with van der Waals surface area (Å²) in [6, 6.07) is 0.0749. The molecular formula is C13H21NO2. The lowest BCUT2D eigenvalue weighted by molar-refractivity contribution is -0.460. The molecule has 4 rings (SSSR count). The van der Waals surface area contributed by atoms with Gasteiger partial charge in [-0.3, -0.25) is 0 Å². The summed E-state index contributed by atoms with van der Waals surface area (Å²) in [6.45, 7) is 0. The second kappa shape index (κ2) is 3.46. The molecule has 4 aliphatic rings. The third kappa shape index (κ3) is 1.56. The van der Waals surface area contributed by atoms with Gasteiger partial charge in [0.15, 0.2) is 0 Å². The molecule has 0 aliphatic heterocycles. The lowest BCUT2D eigenvalue weighted by Crippen LogP contribution is -2.72. The van der Waals surface area contributed by atoms with Crippen molar-refractivity contribution in [1.82, 2.24) is 0 Å². The molecule has 0 aromatic heterocycles. The minimum atomic E-state index is -0.921. The van der Waals surface area contributed by atoms with Gasteiger partial charge in [-0.1, -0.05) is 0 Å². The molecule has 0 unspecified atom stereocenters. The molecule has 16 heavy (non-hydrogen) atoms. The van der Waals surface area contributed by atoms with Gasteiger partial charge in [0.05, 0.1) is 6.04 Å². The first-order chi connectivity index (χ1) is 7.57. The summed E-state index contributed by atoms with van der Waals surface area (Å²) in [5.41, 5.74) is 4.41. The minimum Gasteiger partial charge on any atom is -0.550 e. The van der Waals surface area contributed by atoms with E-state index in [-0.39, 0.29) is 17.9 Å². The number of carbonyl (C=O) groups excluding carboxylic acids is 1. The van der Waals surface area contributed by atoms with Gasteiger partial charge in [0, 0.05) is 17.8 Å². The number of hydrogen-bond donors (Lipinski definition) is 1. The summed E-state index contributed by atoms with van der Waals surface area (Å²) in [4.78, 5) is 10.8. The van der Waals surface area contributed by atoms with E-state index >= 15 is 0 Å². The lowest BCUT2D eigenvalue weighted by atomic mass is 9.47. The summed E-state index contributed by atoms with van der Waals surface area (Å²) in [5.74, 6) is 1.70. The average Bonchev–Trinajstić information content (AvgIpc) is 2.13. The van der Waals surface area contributed by atoms with Crippen LogP contribution in [0.5, 0.6) is 0 Å². The molecule has 0 aromatic carbocycles. The first kappa shape index (κ1) is 10.6. The lowest BCUT2D eigenvalue weighted by Gasteiger charge is -2.57. The maximum Gasteiger partial charge on any atom is 0.0953 e. The third-order valence-electron chi connectivity index (χ3n) is 5.36. The van der Waals surface area contributed by atoms with Crippen LogP contribution in [0.2, 0.25) is 0 Å². The van der Waals surface area contributed by atoms with Gasteiger partial charge in [-0.05, 0) is 56.3 Å². The normalized spacial score (nSPS) is 46.9. The van der Waals surface area contributed by atoms with Crippen molar-refractivity contribution in [3.8, 4) is 0 Å². The molecule has 0 radical (unpaired) electrons. The molecule has 0 aromatic rings. The van der Waals surface area contributed by atoms with Gasteiger partial charge in [-0.15, -0.1) is 0 Å². The van der Waals surface area contributed by atoms with Crippen molar-refractivity contribution in [2.75, 3.05) is 0 Å². The van der Waals surface area contributed by atoms with Crippen molar-refractivity contribution >= 4 is 5.97 Å². The molecule has 0 saturated heterocycles. The first-order valence-electron chi connectivity index (χ1n) is 6.60. The Kier molecular flexibility index (Phi) is 2.29. The minimum absolute atomic E-state index is 0.0749. The topological polar surface area (TPSA) is 67.8 Å². The predicted molar refractivity (Wildman–Crippen MR) is 56.9 cm³/mol. The van der Waals surface area contributed by atoms with Crippen LogP contribution in [0.25, 0.3) is 0 Å². The molecular weight excluding hydrogens is 202 g/mol. The average molecular weight is 223 g/mol. The van der Waals surface area contributed by atoms with Gasteiger partial charge in [-0.2, -0.15) is 0 Å². The van der Waals surface area contributed by atoms with Crippen LogP contribution < -0.4 is 10.8 Å². The van der Waals surface area contributed by atoms with E-state index in [0.717, 1.165) is 17.8 Å². The molecule has 4 aliphatic carbocycles. The number of hydrogen-bond acceptors (Lipinski definition) is 2. The number of quaternary nitrogens is 1. The molecule has 3 heteroatoms. The fourth-order valence-corrected chi connectivity index (χ4v) is 5.10. The van der Waals surface area contributed by atoms with Crippen molar-refractivity contribution in [1.29, 1.82) is 0 Å². The van der Waals surface area contributed by atoms with Gasteiger partial charge < -0.3 is 15.6 Å². The summed E-state index contributed by atoms with van der Waals surface area (Å²) in [7, 11) is 0. The second-order valence-corrected chi connectivity index (χ2v) is 6.55. The molecule has 3 N–H and O–H groups in total. The standard InChI is InChI=1S/C13H21NO2/c14-11(4-12(15)16)13-5-8-1-9(6-13)3-10(2-8)7-13/h8-11H,1-7,14H2,(H,15,16)/t8?,9?,10?,11-,13?/m1/s1. The van der Waals surface area contributed by atoms with E-state index < -0.39 is 5.97 Å². The van der Waals surface area contributed by atoms with E-state index in [1.54, 1.807) is 0 Å². The van der Waals surface area contributed by atoms with E-state index in [1.165, 1.54) is 38.5 Å². The Morgan fingerprint density at radius 1 is 1.19 bits per heavy atom. The van der Waals surface area contributed by atoms with E-state index in [2.05, 4.69) is 5.73 Å². The summed E-state index contributed by atoms with van der Waals surface area (Å²) in [6.07, 6.45) is 8.07. The highest BCUT2D eigenvalue weighted by molar-refractivity contribution is 5.65. The van der Waals surface area contributed by atoms with Crippen LogP contribution in [0.3, 0.4) is 0 Å². The van der Waals surface area contributed by atoms with Crippen LogP contribution in [0.4, 0.5) is 0 Å². The van der Waals surface area contributed by atoms with Crippen LogP contribution in [0, 0.1) is 23.2 Å². The maximum absolute atomic E-state index is 10.8. The van der Waals surface area contributed by atoms with E-state index in [1.807, 2.05) is 0 Å². The zero-order chi connectivity index (χ0) is 11.3. The number of rotatable bonds is 3. The smallest absolute Gasteiger partial charge is 0.0953 e. The highest BCUT2D eigenvalue weighted by atomic mass is 16.4. The Hall–Kier alpha value is -0.570. The Morgan fingerprint density at radius 3 is 2.00 bits per heavy atom. The van der Waals surface area contributed by atoms with Crippen molar-refractivity contribution in [3.63, 3.8) is 0 Å². The van der Waals surface area contributed by atoms with Crippen LogP contribution in [0.1, 0.15) is 44.9 Å². The van der Waals surface area contributed by atoms with E-state index in [9.17, 15) is 9.90 Å². The van der Waals surface area contributed by atoms with Crippen molar-refractivity contribution < 1.29 is 15.6 Å². The number of carboxylic acids is 1. The zero-order valence-corrected chi connectivity index (χ0v) is 9.78. The van der Waals surface area contributed by atoms with Crippen LogP contribution in [0.15, 0.2) is 0 Å². The molecule has 0 heterocycles.